The van der Waals surface area contributed by atoms with Crippen molar-refractivity contribution < 1.29 is 12.8 Å². The fraction of sp³-hybridized carbons (Fsp3) is 0.538. The summed E-state index contributed by atoms with van der Waals surface area (Å²) >= 11 is 0. The van der Waals surface area contributed by atoms with Crippen molar-refractivity contribution in [3.05, 3.63) is 35.6 Å². The van der Waals surface area contributed by atoms with Crippen molar-refractivity contribution >= 4 is 10.0 Å². The van der Waals surface area contributed by atoms with E-state index < -0.39 is 15.6 Å². The average molecular weight is 273 g/mol. The molecule has 1 aromatic carbocycles. The number of hydrogen-bond acceptors (Lipinski definition) is 2. The predicted molar refractivity (Wildman–Crippen MR) is 71.3 cm³/mol. The third-order valence-electron chi connectivity index (χ3n) is 2.74. The maximum Gasteiger partial charge on any atom is 0.212 e. The zero-order valence-electron chi connectivity index (χ0n) is 11.0. The van der Waals surface area contributed by atoms with E-state index >= 15 is 0 Å². The van der Waals surface area contributed by atoms with Crippen LogP contribution in [-0.4, -0.2) is 14.2 Å². The Hall–Kier alpha value is -0.940. The van der Waals surface area contributed by atoms with Crippen LogP contribution in [0.1, 0.15) is 39.2 Å². The maximum absolute atomic E-state index is 12.8. The molecule has 0 atom stereocenters. The molecule has 0 spiro atoms. The average Bonchev–Trinajstić information content (AvgIpc) is 2.25. The minimum Gasteiger partial charge on any atom is -0.212 e. The Morgan fingerprint density at radius 2 is 1.78 bits per heavy atom. The van der Waals surface area contributed by atoms with Gasteiger partial charge in [0.15, 0.2) is 0 Å². The lowest BCUT2D eigenvalue weighted by atomic mass is 9.96. The summed E-state index contributed by atoms with van der Waals surface area (Å²) < 4.78 is 39.2. The maximum atomic E-state index is 12.8. The van der Waals surface area contributed by atoms with E-state index in [2.05, 4.69) is 4.72 Å². The summed E-state index contributed by atoms with van der Waals surface area (Å²) in [5, 5.41) is 0. The van der Waals surface area contributed by atoms with Gasteiger partial charge in [0.05, 0.1) is 11.3 Å². The third kappa shape index (κ3) is 4.38. The van der Waals surface area contributed by atoms with E-state index in [1.165, 1.54) is 12.1 Å². The Balaban J connectivity index is 2.84. The van der Waals surface area contributed by atoms with Gasteiger partial charge in [0.2, 0.25) is 10.0 Å². The summed E-state index contributed by atoms with van der Waals surface area (Å²) in [6, 6.07) is 5.85. The molecule has 0 aliphatic carbocycles. The second-order valence-corrected chi connectivity index (χ2v) is 6.75. The third-order valence-corrected chi connectivity index (χ3v) is 4.39. The zero-order valence-corrected chi connectivity index (χ0v) is 11.8. The van der Waals surface area contributed by atoms with Crippen molar-refractivity contribution in [3.63, 3.8) is 0 Å². The Kier molecular flexibility index (Phi) is 4.87. The molecule has 18 heavy (non-hydrogen) atoms. The fourth-order valence-electron chi connectivity index (χ4n) is 1.70. The normalized spacial score (nSPS) is 12.7. The number of nitrogens with one attached hydrogen (secondary N) is 1. The fourth-order valence-corrected chi connectivity index (χ4v) is 3.37. The van der Waals surface area contributed by atoms with Gasteiger partial charge in [0, 0.05) is 0 Å². The highest BCUT2D eigenvalue weighted by molar-refractivity contribution is 7.89. The van der Waals surface area contributed by atoms with Crippen LogP contribution in [0.4, 0.5) is 4.39 Å². The van der Waals surface area contributed by atoms with E-state index in [1.54, 1.807) is 26.0 Å². The van der Waals surface area contributed by atoms with E-state index in [9.17, 15) is 12.8 Å². The van der Waals surface area contributed by atoms with Crippen LogP contribution in [0.15, 0.2) is 24.3 Å². The first-order valence-corrected chi connectivity index (χ1v) is 7.70. The monoisotopic (exact) mass is 273 g/mol. The van der Waals surface area contributed by atoms with Crippen molar-refractivity contribution in [3.8, 4) is 0 Å². The molecule has 0 bridgehead atoms. The van der Waals surface area contributed by atoms with E-state index in [0.29, 0.717) is 6.42 Å². The molecule has 0 fully saturated rings. The highest BCUT2D eigenvalue weighted by Crippen LogP contribution is 2.21. The SMILES string of the molecule is CCCCS(=O)(=O)NC(C)(C)c1ccc(F)cc1. The standard InChI is InChI=1S/C13H20FNO2S/c1-4-5-10-18(16,17)15-13(2,3)11-6-8-12(14)9-7-11/h6-9,15H,4-5,10H2,1-3H3. The van der Waals surface area contributed by atoms with Gasteiger partial charge in [-0.1, -0.05) is 25.5 Å². The lowest BCUT2D eigenvalue weighted by Crippen LogP contribution is -2.42. The molecule has 102 valence electrons. The summed E-state index contributed by atoms with van der Waals surface area (Å²) in [5.41, 5.74) is 0.00395. The Morgan fingerprint density at radius 3 is 2.28 bits per heavy atom. The lowest BCUT2D eigenvalue weighted by molar-refractivity contribution is 0.470. The Morgan fingerprint density at radius 1 is 1.22 bits per heavy atom. The number of sulfonamides is 1. The molecule has 0 amide bonds. The van der Waals surface area contributed by atoms with Crippen LogP contribution < -0.4 is 4.72 Å². The highest BCUT2D eigenvalue weighted by atomic mass is 32.2. The summed E-state index contributed by atoms with van der Waals surface area (Å²) in [7, 11) is -3.30. The number of rotatable bonds is 6. The number of benzene rings is 1. The molecule has 0 aromatic heterocycles. The van der Waals surface area contributed by atoms with Crippen molar-refractivity contribution in [2.45, 2.75) is 39.2 Å². The lowest BCUT2D eigenvalue weighted by Gasteiger charge is -2.26. The summed E-state index contributed by atoms with van der Waals surface area (Å²) in [4.78, 5) is 0. The quantitative estimate of drug-likeness (QED) is 0.866. The molecule has 0 heterocycles. The second kappa shape index (κ2) is 5.80. The van der Waals surface area contributed by atoms with E-state index in [-0.39, 0.29) is 11.6 Å². The molecular formula is C13H20FNO2S. The molecule has 0 saturated carbocycles. The first-order valence-electron chi connectivity index (χ1n) is 6.04. The van der Waals surface area contributed by atoms with Gasteiger partial charge in [-0.05, 0) is 38.0 Å². The summed E-state index contributed by atoms with van der Waals surface area (Å²) in [6.45, 7) is 5.48. The van der Waals surface area contributed by atoms with E-state index in [4.69, 9.17) is 0 Å². The van der Waals surface area contributed by atoms with E-state index in [1.807, 2.05) is 6.92 Å². The molecule has 0 aliphatic rings. The first-order chi connectivity index (χ1) is 8.27. The van der Waals surface area contributed by atoms with E-state index in [0.717, 1.165) is 12.0 Å². The molecule has 3 nitrogen and oxygen atoms in total. The second-order valence-electron chi connectivity index (χ2n) is 4.91. The Bertz CT molecular complexity index is 480. The molecular weight excluding hydrogens is 253 g/mol. The van der Waals surface area contributed by atoms with Crippen molar-refractivity contribution in [1.29, 1.82) is 0 Å². The van der Waals surface area contributed by atoms with Crippen LogP contribution in [0.5, 0.6) is 0 Å². The smallest absolute Gasteiger partial charge is 0.212 e. The van der Waals surface area contributed by atoms with Crippen LogP contribution in [-0.2, 0) is 15.6 Å². The zero-order chi connectivity index (χ0) is 13.8. The van der Waals surface area contributed by atoms with Crippen molar-refractivity contribution in [2.24, 2.45) is 0 Å². The highest BCUT2D eigenvalue weighted by Gasteiger charge is 2.26. The summed E-state index contributed by atoms with van der Waals surface area (Å²) in [5.74, 6) is -0.211. The topological polar surface area (TPSA) is 46.2 Å². The molecule has 1 aromatic rings. The van der Waals surface area contributed by atoms with Gasteiger partial charge < -0.3 is 0 Å². The van der Waals surface area contributed by atoms with Crippen LogP contribution >= 0.6 is 0 Å². The Labute approximate surface area is 108 Å². The van der Waals surface area contributed by atoms with Crippen molar-refractivity contribution in [2.75, 3.05) is 5.75 Å². The van der Waals surface area contributed by atoms with Crippen LogP contribution in [0.25, 0.3) is 0 Å². The summed E-state index contributed by atoms with van der Waals surface area (Å²) in [6.07, 6.45) is 1.46. The van der Waals surface area contributed by atoms with Gasteiger partial charge in [0.1, 0.15) is 5.82 Å². The van der Waals surface area contributed by atoms with Gasteiger partial charge >= 0.3 is 0 Å². The minimum atomic E-state index is -3.30. The van der Waals surface area contributed by atoms with Crippen LogP contribution in [0, 0.1) is 5.82 Å². The molecule has 0 radical (unpaired) electrons. The molecule has 0 saturated heterocycles. The van der Waals surface area contributed by atoms with Crippen molar-refractivity contribution in [1.82, 2.24) is 4.72 Å². The van der Waals surface area contributed by atoms with Crippen LogP contribution in [0.3, 0.4) is 0 Å². The van der Waals surface area contributed by atoms with Crippen LogP contribution in [0.2, 0.25) is 0 Å². The van der Waals surface area contributed by atoms with Gasteiger partial charge in [-0.3, -0.25) is 0 Å². The first kappa shape index (κ1) is 15.1. The van der Waals surface area contributed by atoms with Gasteiger partial charge in [-0.25, -0.2) is 17.5 Å². The predicted octanol–water partition coefficient (Wildman–Crippen LogP) is 2.78. The largest absolute Gasteiger partial charge is 0.212 e. The minimum absolute atomic E-state index is 0.119. The molecule has 0 unspecified atom stereocenters. The molecule has 1 rings (SSSR count). The molecule has 5 heteroatoms. The number of unbranched alkanes of at least 4 members (excludes halogenated alkanes) is 1. The van der Waals surface area contributed by atoms with Gasteiger partial charge in [-0.2, -0.15) is 0 Å². The number of halogens is 1. The molecule has 1 N–H and O–H groups in total. The number of hydrogen-bond donors (Lipinski definition) is 1. The van der Waals surface area contributed by atoms with Gasteiger partial charge in [-0.15, -0.1) is 0 Å². The molecule has 0 aliphatic heterocycles. The van der Waals surface area contributed by atoms with Gasteiger partial charge in [0.25, 0.3) is 0 Å².